The van der Waals surface area contributed by atoms with Gasteiger partial charge in [0.25, 0.3) is 10.2 Å². The fourth-order valence-electron chi connectivity index (χ4n) is 1.08. The summed E-state index contributed by atoms with van der Waals surface area (Å²) in [5.74, 6) is -0.00251. The maximum atomic E-state index is 11.7. The highest BCUT2D eigenvalue weighted by molar-refractivity contribution is 7.87. The number of carbonyl (C=O) groups is 1. The monoisotopic (exact) mass is 280 g/mol. The summed E-state index contributed by atoms with van der Waals surface area (Å²) in [4.78, 5) is 11.4. The minimum atomic E-state index is -3.60. The molecular formula is C10H24N4O3S. The second kappa shape index (κ2) is 8.41. The molecule has 18 heavy (non-hydrogen) atoms. The highest BCUT2D eigenvalue weighted by Crippen LogP contribution is 1.94. The zero-order chi connectivity index (χ0) is 14.2. The van der Waals surface area contributed by atoms with E-state index >= 15 is 0 Å². The van der Waals surface area contributed by atoms with Crippen molar-refractivity contribution in [1.82, 2.24) is 14.3 Å². The van der Waals surface area contributed by atoms with Crippen molar-refractivity contribution >= 4 is 16.1 Å². The average molecular weight is 280 g/mol. The molecule has 8 heteroatoms. The molecule has 0 fully saturated rings. The molecule has 0 saturated heterocycles. The van der Waals surface area contributed by atoms with Gasteiger partial charge in [-0.1, -0.05) is 13.8 Å². The van der Waals surface area contributed by atoms with Crippen LogP contribution in [0.3, 0.4) is 0 Å². The van der Waals surface area contributed by atoms with E-state index in [1.807, 2.05) is 13.8 Å². The molecule has 0 spiro atoms. The Morgan fingerprint density at radius 3 is 2.50 bits per heavy atom. The summed E-state index contributed by atoms with van der Waals surface area (Å²) >= 11 is 0. The minimum Gasteiger partial charge on any atom is -0.355 e. The van der Waals surface area contributed by atoms with Gasteiger partial charge in [0.15, 0.2) is 0 Å². The van der Waals surface area contributed by atoms with Crippen LogP contribution >= 0.6 is 0 Å². The second-order valence-corrected chi connectivity index (χ2v) is 6.35. The van der Waals surface area contributed by atoms with E-state index in [1.54, 1.807) is 0 Å². The first-order valence-corrected chi connectivity index (χ1v) is 7.41. The van der Waals surface area contributed by atoms with E-state index in [9.17, 15) is 13.2 Å². The summed E-state index contributed by atoms with van der Waals surface area (Å²) < 4.78 is 26.7. The molecule has 7 nitrogen and oxygen atoms in total. The third-order valence-corrected chi connectivity index (χ3v) is 3.72. The number of rotatable bonds is 9. The number of amides is 1. The zero-order valence-corrected chi connectivity index (χ0v) is 12.1. The zero-order valence-electron chi connectivity index (χ0n) is 11.3. The minimum absolute atomic E-state index is 0.248. The lowest BCUT2D eigenvalue weighted by atomic mass is 10.2. The smallest absolute Gasteiger partial charge is 0.279 e. The van der Waals surface area contributed by atoms with E-state index in [1.165, 1.54) is 7.05 Å². The highest BCUT2D eigenvalue weighted by atomic mass is 32.2. The van der Waals surface area contributed by atoms with Crippen molar-refractivity contribution in [3.63, 3.8) is 0 Å². The Balaban J connectivity index is 4.06. The molecule has 0 rings (SSSR count). The van der Waals surface area contributed by atoms with Gasteiger partial charge in [0, 0.05) is 20.1 Å². The van der Waals surface area contributed by atoms with Gasteiger partial charge in [0.05, 0.1) is 6.54 Å². The van der Waals surface area contributed by atoms with Crippen LogP contribution in [0.15, 0.2) is 0 Å². The average Bonchev–Trinajstić information content (AvgIpc) is 2.30. The maximum Gasteiger partial charge on any atom is 0.279 e. The lowest BCUT2D eigenvalue weighted by Gasteiger charge is -2.17. The fourth-order valence-corrected chi connectivity index (χ4v) is 1.98. The molecule has 108 valence electrons. The van der Waals surface area contributed by atoms with Gasteiger partial charge in [-0.3, -0.25) is 4.79 Å². The van der Waals surface area contributed by atoms with E-state index in [0.29, 0.717) is 32.0 Å². The van der Waals surface area contributed by atoms with Gasteiger partial charge in [0.2, 0.25) is 5.91 Å². The molecule has 1 amide bonds. The van der Waals surface area contributed by atoms with E-state index in [0.717, 1.165) is 4.31 Å². The van der Waals surface area contributed by atoms with Crippen LogP contribution in [0.5, 0.6) is 0 Å². The Morgan fingerprint density at radius 1 is 1.39 bits per heavy atom. The number of nitrogens with one attached hydrogen (secondary N) is 2. The van der Waals surface area contributed by atoms with Crippen molar-refractivity contribution in [2.24, 2.45) is 11.7 Å². The summed E-state index contributed by atoms with van der Waals surface area (Å²) in [5, 5.41) is 2.63. The molecule has 0 saturated carbocycles. The molecular weight excluding hydrogens is 256 g/mol. The molecule has 0 heterocycles. The highest BCUT2D eigenvalue weighted by Gasteiger charge is 2.17. The Kier molecular flexibility index (Phi) is 8.08. The van der Waals surface area contributed by atoms with Gasteiger partial charge in [0.1, 0.15) is 0 Å². The molecule has 0 aliphatic carbocycles. The molecule has 0 aromatic carbocycles. The van der Waals surface area contributed by atoms with Crippen LogP contribution in [0.1, 0.15) is 20.3 Å². The van der Waals surface area contributed by atoms with Crippen LogP contribution in [0, 0.1) is 5.92 Å². The van der Waals surface area contributed by atoms with E-state index in [-0.39, 0.29) is 12.5 Å². The molecule has 0 bridgehead atoms. The lowest BCUT2D eigenvalue weighted by Crippen LogP contribution is -2.44. The first-order chi connectivity index (χ1) is 8.29. The first-order valence-electron chi connectivity index (χ1n) is 5.97. The molecule has 0 aromatic heterocycles. The summed E-state index contributed by atoms with van der Waals surface area (Å²) in [6.07, 6.45) is 0.580. The van der Waals surface area contributed by atoms with Gasteiger partial charge in [-0.15, -0.1) is 0 Å². The summed E-state index contributed by atoms with van der Waals surface area (Å²) in [6.45, 7) is 4.97. The summed E-state index contributed by atoms with van der Waals surface area (Å²) in [7, 11) is -2.15. The third-order valence-electron chi connectivity index (χ3n) is 2.21. The Labute approximate surface area is 109 Å². The van der Waals surface area contributed by atoms with Gasteiger partial charge < -0.3 is 11.1 Å². The summed E-state index contributed by atoms with van der Waals surface area (Å²) in [6, 6.07) is 0. The van der Waals surface area contributed by atoms with Crippen LogP contribution in [-0.2, 0) is 15.0 Å². The van der Waals surface area contributed by atoms with Gasteiger partial charge >= 0.3 is 0 Å². The van der Waals surface area contributed by atoms with Crippen molar-refractivity contribution in [3.05, 3.63) is 0 Å². The van der Waals surface area contributed by atoms with Gasteiger partial charge in [-0.25, -0.2) is 0 Å². The Morgan fingerprint density at radius 2 is 2.00 bits per heavy atom. The molecule has 0 radical (unpaired) electrons. The van der Waals surface area contributed by atoms with E-state index in [2.05, 4.69) is 10.0 Å². The number of hydrogen-bond acceptors (Lipinski definition) is 4. The van der Waals surface area contributed by atoms with E-state index in [4.69, 9.17) is 5.73 Å². The number of carbonyl (C=O) groups excluding carboxylic acids is 1. The predicted molar refractivity (Wildman–Crippen MR) is 71.1 cm³/mol. The topological polar surface area (TPSA) is 105 Å². The van der Waals surface area contributed by atoms with Crippen LogP contribution in [-0.4, -0.2) is 51.9 Å². The van der Waals surface area contributed by atoms with Crippen molar-refractivity contribution < 1.29 is 13.2 Å². The SMILES string of the molecule is CC(C)CNC(=O)CNS(=O)(=O)N(C)CCCN. The standard InChI is InChI=1S/C10H24N4O3S/c1-9(2)7-12-10(15)8-13-18(16,17)14(3)6-4-5-11/h9,13H,4-8,11H2,1-3H3,(H,12,15). The van der Waals surface area contributed by atoms with Crippen LogP contribution in [0.4, 0.5) is 0 Å². The molecule has 0 aromatic rings. The molecule has 0 aliphatic heterocycles. The molecule has 0 unspecified atom stereocenters. The fraction of sp³-hybridized carbons (Fsp3) is 0.900. The number of nitrogens with two attached hydrogens (primary N) is 1. The van der Waals surface area contributed by atoms with Crippen molar-refractivity contribution in [2.75, 3.05) is 33.2 Å². The van der Waals surface area contributed by atoms with Crippen molar-refractivity contribution in [1.29, 1.82) is 0 Å². The largest absolute Gasteiger partial charge is 0.355 e. The third kappa shape index (κ3) is 7.59. The van der Waals surface area contributed by atoms with Crippen LogP contribution < -0.4 is 15.8 Å². The van der Waals surface area contributed by atoms with Crippen molar-refractivity contribution in [2.45, 2.75) is 20.3 Å². The molecule has 4 N–H and O–H groups in total. The summed E-state index contributed by atoms with van der Waals surface area (Å²) in [5.41, 5.74) is 5.30. The number of hydrogen-bond donors (Lipinski definition) is 3. The predicted octanol–water partition coefficient (Wildman–Crippen LogP) is -1.13. The van der Waals surface area contributed by atoms with Gasteiger partial charge in [-0.05, 0) is 18.9 Å². The Bertz CT molecular complexity index is 343. The molecule has 0 aliphatic rings. The maximum absolute atomic E-state index is 11.7. The second-order valence-electron chi connectivity index (χ2n) is 4.49. The Hall–Kier alpha value is -0.700. The van der Waals surface area contributed by atoms with E-state index < -0.39 is 10.2 Å². The number of nitrogens with zero attached hydrogens (tertiary/aromatic N) is 1. The van der Waals surface area contributed by atoms with Crippen molar-refractivity contribution in [3.8, 4) is 0 Å². The lowest BCUT2D eigenvalue weighted by molar-refractivity contribution is -0.120. The molecule has 0 atom stereocenters. The van der Waals surface area contributed by atoms with Gasteiger partial charge in [-0.2, -0.15) is 17.4 Å². The normalized spacial score (nSPS) is 12.1. The van der Waals surface area contributed by atoms with Crippen LogP contribution in [0.25, 0.3) is 0 Å². The quantitative estimate of drug-likeness (QED) is 0.497. The van der Waals surface area contributed by atoms with Crippen LogP contribution in [0.2, 0.25) is 0 Å². The first kappa shape index (κ1) is 17.3.